The van der Waals surface area contributed by atoms with E-state index in [9.17, 15) is 27.6 Å². The van der Waals surface area contributed by atoms with Gasteiger partial charge in [-0.2, -0.15) is 13.2 Å². The van der Waals surface area contributed by atoms with Gasteiger partial charge in [0.2, 0.25) is 11.8 Å². The third-order valence-corrected chi connectivity index (χ3v) is 9.39. The zero-order chi connectivity index (χ0) is 28.2. The summed E-state index contributed by atoms with van der Waals surface area (Å²) in [7, 11) is 0. The number of carbonyl (C=O) groups excluding carboxylic acids is 2. The van der Waals surface area contributed by atoms with Crippen LogP contribution in [0.5, 0.6) is 5.75 Å². The Balaban J connectivity index is 1.42. The summed E-state index contributed by atoms with van der Waals surface area (Å²) in [6.07, 6.45) is -4.64. The van der Waals surface area contributed by atoms with Crippen LogP contribution in [0.1, 0.15) is 33.0 Å². The minimum atomic E-state index is -4.64. The summed E-state index contributed by atoms with van der Waals surface area (Å²) in [4.78, 5) is 43.8. The lowest BCUT2D eigenvalue weighted by atomic mass is 9.82. The number of anilines is 1. The van der Waals surface area contributed by atoms with Crippen molar-refractivity contribution in [3.63, 3.8) is 0 Å². The summed E-state index contributed by atoms with van der Waals surface area (Å²) >= 11 is 2.02. The van der Waals surface area contributed by atoms with Crippen LogP contribution in [0.15, 0.2) is 82.6 Å². The van der Waals surface area contributed by atoms with Gasteiger partial charge in [-0.15, -0.1) is 0 Å². The van der Waals surface area contributed by atoms with Crippen LogP contribution >= 0.6 is 23.1 Å². The Kier molecular flexibility index (Phi) is 6.58. The van der Waals surface area contributed by atoms with Gasteiger partial charge in [0.05, 0.1) is 22.2 Å². The molecular formula is C29H21F3N2O4S2. The third kappa shape index (κ3) is 4.62. The number of H-pyrrole nitrogens is 1. The fraction of sp³-hybridized carbons (Fsp3) is 0.207. The molecule has 1 aromatic heterocycles. The molecule has 0 spiro atoms. The smallest absolute Gasteiger partial charge is 0.416 e. The minimum absolute atomic E-state index is 0.139. The van der Waals surface area contributed by atoms with Crippen LogP contribution in [0, 0.1) is 12.8 Å². The Morgan fingerprint density at radius 3 is 2.50 bits per heavy atom. The Morgan fingerprint density at radius 2 is 1.73 bits per heavy atom. The standard InChI is InChI=1S/C29H21F3N2O4S2/c1-15-6-4-7-16(12-15)14-38-20-11-3-2-10-19(20)21-22-24(39-25-23(21)40-28(37)33-25)27(36)34(26(22)35)18-9-5-8-17(13-18)29(30,31)32/h2-13,21-22,24H,14H2,1H3,(H,33,37). The van der Waals surface area contributed by atoms with E-state index in [1.165, 1.54) is 12.1 Å². The van der Waals surface area contributed by atoms with Crippen LogP contribution in [0.25, 0.3) is 0 Å². The van der Waals surface area contributed by atoms with Crippen molar-refractivity contribution in [3.8, 4) is 5.75 Å². The number of nitrogens with zero attached hydrogens (tertiary/aromatic N) is 1. The van der Waals surface area contributed by atoms with Gasteiger partial charge in [0.25, 0.3) is 0 Å². The zero-order valence-corrected chi connectivity index (χ0v) is 22.5. The molecule has 1 N–H and O–H groups in total. The number of hydrogen-bond donors (Lipinski definition) is 1. The lowest BCUT2D eigenvalue weighted by molar-refractivity contribution is -0.137. The largest absolute Gasteiger partial charge is 0.489 e. The zero-order valence-electron chi connectivity index (χ0n) is 20.9. The predicted octanol–water partition coefficient (Wildman–Crippen LogP) is 6.14. The molecule has 3 heterocycles. The molecule has 3 atom stereocenters. The van der Waals surface area contributed by atoms with E-state index in [0.29, 0.717) is 21.2 Å². The van der Waals surface area contributed by atoms with Gasteiger partial charge in [-0.1, -0.05) is 77.2 Å². The number of aromatic amines is 1. The summed E-state index contributed by atoms with van der Waals surface area (Å²) in [5, 5.41) is -0.462. The van der Waals surface area contributed by atoms with Crippen molar-refractivity contribution in [2.24, 2.45) is 5.92 Å². The summed E-state index contributed by atoms with van der Waals surface area (Å²) in [5.41, 5.74) is 1.55. The lowest BCUT2D eigenvalue weighted by Gasteiger charge is -2.30. The van der Waals surface area contributed by atoms with Crippen molar-refractivity contribution >= 4 is 40.6 Å². The monoisotopic (exact) mass is 582 g/mol. The van der Waals surface area contributed by atoms with Gasteiger partial charge in [-0.05, 0) is 36.8 Å². The average molecular weight is 583 g/mol. The number of thioether (sulfide) groups is 1. The number of amides is 2. The third-order valence-electron chi connectivity index (χ3n) is 6.99. The first-order chi connectivity index (χ1) is 19.1. The molecule has 2 aliphatic rings. The fourth-order valence-corrected chi connectivity index (χ4v) is 7.77. The van der Waals surface area contributed by atoms with Crippen LogP contribution in [0.4, 0.5) is 18.9 Å². The number of hydrogen-bond acceptors (Lipinski definition) is 6. The molecule has 1 fully saturated rings. The maximum atomic E-state index is 13.9. The number of halogens is 3. The quantitative estimate of drug-likeness (QED) is 0.286. The highest BCUT2D eigenvalue weighted by atomic mass is 32.2. The molecule has 1 saturated heterocycles. The van der Waals surface area contributed by atoms with Crippen LogP contribution in [-0.2, 0) is 22.4 Å². The first-order valence-electron chi connectivity index (χ1n) is 12.3. The van der Waals surface area contributed by atoms with Crippen molar-refractivity contribution in [1.82, 2.24) is 4.98 Å². The number of aromatic nitrogens is 1. The second kappa shape index (κ2) is 9.97. The second-order valence-corrected chi connectivity index (χ2v) is 11.8. The van der Waals surface area contributed by atoms with E-state index in [-0.39, 0.29) is 17.2 Å². The highest BCUT2D eigenvalue weighted by Crippen LogP contribution is 2.54. The molecule has 6 nitrogen and oxygen atoms in total. The molecule has 0 radical (unpaired) electrons. The SMILES string of the molecule is Cc1cccc(COc2ccccc2C2c3sc(=O)[nH]c3SC3C(=O)N(c4cccc(C(F)(F)F)c4)C(=O)C32)c1. The fourth-order valence-electron chi connectivity index (χ4n) is 5.26. The number of rotatable bonds is 5. The van der Waals surface area contributed by atoms with Gasteiger partial charge in [-0.3, -0.25) is 14.4 Å². The molecule has 4 aromatic rings. The van der Waals surface area contributed by atoms with E-state index in [1.807, 2.05) is 31.2 Å². The van der Waals surface area contributed by atoms with E-state index in [1.54, 1.807) is 24.3 Å². The molecule has 11 heteroatoms. The molecule has 2 amide bonds. The first-order valence-corrected chi connectivity index (χ1v) is 14.0. The Hall–Kier alpha value is -3.83. The molecule has 204 valence electrons. The molecule has 0 aliphatic carbocycles. The molecule has 6 rings (SSSR count). The van der Waals surface area contributed by atoms with E-state index in [2.05, 4.69) is 4.98 Å². The number of benzene rings is 3. The van der Waals surface area contributed by atoms with E-state index >= 15 is 0 Å². The van der Waals surface area contributed by atoms with Gasteiger partial charge in [0.15, 0.2) is 0 Å². The molecule has 2 aliphatic heterocycles. The van der Waals surface area contributed by atoms with Crippen LogP contribution in [-0.4, -0.2) is 22.0 Å². The molecule has 40 heavy (non-hydrogen) atoms. The van der Waals surface area contributed by atoms with Gasteiger partial charge in [-0.25, -0.2) is 4.90 Å². The molecule has 0 saturated carbocycles. The molecule has 0 bridgehead atoms. The highest BCUT2D eigenvalue weighted by Gasteiger charge is 2.57. The van der Waals surface area contributed by atoms with Crippen molar-refractivity contribution in [2.45, 2.75) is 35.9 Å². The Labute approximate surface area is 234 Å². The van der Waals surface area contributed by atoms with Gasteiger partial charge in [0.1, 0.15) is 17.6 Å². The maximum Gasteiger partial charge on any atom is 0.416 e. The predicted molar refractivity (Wildman–Crippen MR) is 146 cm³/mol. The Morgan fingerprint density at radius 1 is 0.950 bits per heavy atom. The van der Waals surface area contributed by atoms with Crippen molar-refractivity contribution in [3.05, 3.63) is 110 Å². The van der Waals surface area contributed by atoms with Gasteiger partial charge >= 0.3 is 11.0 Å². The van der Waals surface area contributed by atoms with Gasteiger partial charge in [0, 0.05) is 16.4 Å². The van der Waals surface area contributed by atoms with E-state index < -0.39 is 40.6 Å². The number of nitrogens with one attached hydrogen (secondary N) is 1. The Bertz CT molecular complexity index is 1700. The highest BCUT2D eigenvalue weighted by molar-refractivity contribution is 8.00. The normalized spacial score (nSPS) is 20.4. The van der Waals surface area contributed by atoms with Crippen LogP contribution in [0.2, 0.25) is 0 Å². The van der Waals surface area contributed by atoms with Crippen molar-refractivity contribution < 1.29 is 27.5 Å². The number of ether oxygens (including phenoxy) is 1. The van der Waals surface area contributed by atoms with Crippen molar-refractivity contribution in [1.29, 1.82) is 0 Å². The minimum Gasteiger partial charge on any atom is -0.489 e. The average Bonchev–Trinajstić information content (AvgIpc) is 3.41. The number of carbonyl (C=O) groups is 2. The second-order valence-electron chi connectivity index (χ2n) is 9.63. The summed E-state index contributed by atoms with van der Waals surface area (Å²) in [6, 6.07) is 19.2. The molecular weight excluding hydrogens is 561 g/mol. The van der Waals surface area contributed by atoms with Crippen LogP contribution < -0.4 is 14.5 Å². The first kappa shape index (κ1) is 26.4. The van der Waals surface area contributed by atoms with Crippen LogP contribution in [0.3, 0.4) is 0 Å². The summed E-state index contributed by atoms with van der Waals surface area (Å²) in [5.74, 6) is -2.42. The number of para-hydroxylation sites is 1. The van der Waals surface area contributed by atoms with Crippen molar-refractivity contribution in [2.75, 3.05) is 4.90 Å². The lowest BCUT2D eigenvalue weighted by Crippen LogP contribution is -2.32. The van der Waals surface area contributed by atoms with E-state index in [0.717, 1.165) is 51.3 Å². The molecule has 3 unspecified atom stereocenters. The molecule has 3 aromatic carbocycles. The number of imide groups is 1. The summed E-state index contributed by atoms with van der Waals surface area (Å²) < 4.78 is 46.5. The maximum absolute atomic E-state index is 13.9. The summed E-state index contributed by atoms with van der Waals surface area (Å²) in [6.45, 7) is 2.24. The number of thiazole rings is 1. The van der Waals surface area contributed by atoms with Gasteiger partial charge < -0.3 is 9.72 Å². The topological polar surface area (TPSA) is 79.5 Å². The number of aryl methyl sites for hydroxylation is 1. The number of alkyl halides is 3. The van der Waals surface area contributed by atoms with E-state index in [4.69, 9.17) is 4.74 Å². The number of fused-ring (bicyclic) bond motifs is 2.